The van der Waals surface area contributed by atoms with Crippen LogP contribution in [0.5, 0.6) is 0 Å². The number of nitrogens with zero attached hydrogens (tertiary/aromatic N) is 2. The third-order valence-corrected chi connectivity index (χ3v) is 4.04. The van der Waals surface area contributed by atoms with Crippen molar-refractivity contribution in [1.29, 1.82) is 0 Å². The van der Waals surface area contributed by atoms with Crippen LogP contribution in [0.2, 0.25) is 0 Å². The fourth-order valence-corrected chi connectivity index (χ4v) is 2.66. The summed E-state index contributed by atoms with van der Waals surface area (Å²) in [6, 6.07) is 17.2. The van der Waals surface area contributed by atoms with Crippen molar-refractivity contribution in [3.05, 3.63) is 77.5 Å². The summed E-state index contributed by atoms with van der Waals surface area (Å²) in [6.45, 7) is 4.51. The minimum absolute atomic E-state index is 0.200. The lowest BCUT2D eigenvalue weighted by atomic mass is 10.0. The first kappa shape index (κ1) is 21.9. The number of oxime groups is 2. The van der Waals surface area contributed by atoms with Crippen molar-refractivity contribution in [1.82, 2.24) is 0 Å². The van der Waals surface area contributed by atoms with Crippen LogP contribution in [0, 0.1) is 0 Å². The van der Waals surface area contributed by atoms with Gasteiger partial charge < -0.3 is 14.4 Å². The van der Waals surface area contributed by atoms with Gasteiger partial charge in [-0.2, -0.15) is 0 Å². The molecule has 0 radical (unpaired) electrons. The van der Waals surface area contributed by atoms with Gasteiger partial charge in [-0.05, 0) is 18.9 Å². The Morgan fingerprint density at radius 2 is 1.69 bits per heavy atom. The summed E-state index contributed by atoms with van der Waals surface area (Å²) in [5.74, 6) is 0. The van der Waals surface area contributed by atoms with E-state index in [1.54, 1.807) is 0 Å². The third kappa shape index (κ3) is 6.31. The van der Waals surface area contributed by atoms with E-state index in [1.165, 1.54) is 13.4 Å². The molecule has 0 fully saturated rings. The smallest absolute Gasteiger partial charge is 0.153 e. The maximum Gasteiger partial charge on any atom is 0.153 e. The Labute approximate surface area is 171 Å². The SMILES string of the molecule is CCO/N=C(/C(CC)=NOCc1ccccc1C(C=O)=COC)c1ccccc1. The lowest BCUT2D eigenvalue weighted by Gasteiger charge is -2.10. The molecule has 2 aromatic rings. The fraction of sp³-hybridized carbons (Fsp3) is 0.261. The van der Waals surface area contributed by atoms with Crippen molar-refractivity contribution < 1.29 is 19.2 Å². The summed E-state index contributed by atoms with van der Waals surface area (Å²) < 4.78 is 4.99. The van der Waals surface area contributed by atoms with Gasteiger partial charge in [-0.25, -0.2) is 0 Å². The summed E-state index contributed by atoms with van der Waals surface area (Å²) in [5.41, 5.74) is 4.21. The van der Waals surface area contributed by atoms with Crippen molar-refractivity contribution in [3.8, 4) is 0 Å². The van der Waals surface area contributed by atoms with Gasteiger partial charge in [-0.3, -0.25) is 4.79 Å². The second kappa shape index (κ2) is 12.1. The molecule has 6 nitrogen and oxygen atoms in total. The minimum Gasteiger partial charge on any atom is -0.504 e. The van der Waals surface area contributed by atoms with Gasteiger partial charge in [0.15, 0.2) is 6.29 Å². The number of aldehydes is 1. The standard InChI is InChI=1S/C23H26N2O4/c1-4-22(23(25-28-5-2)18-11-7-6-8-12-18)24-29-17-19-13-9-10-14-21(19)20(15-26)16-27-3/h6-16H,4-5,17H2,1-3H3/b20-16?,24-22?,25-23+. The normalized spacial score (nSPS) is 12.4. The molecule has 0 aliphatic heterocycles. The number of ether oxygens (including phenoxy) is 1. The number of hydrogen-bond donors (Lipinski definition) is 0. The van der Waals surface area contributed by atoms with E-state index in [1.807, 2.05) is 68.4 Å². The van der Waals surface area contributed by atoms with E-state index in [9.17, 15) is 4.79 Å². The Bertz CT molecular complexity index is 873. The molecule has 0 amide bonds. The van der Waals surface area contributed by atoms with Crippen molar-refractivity contribution in [2.45, 2.75) is 26.9 Å². The van der Waals surface area contributed by atoms with Crippen molar-refractivity contribution >= 4 is 23.3 Å². The molecular weight excluding hydrogens is 368 g/mol. The van der Waals surface area contributed by atoms with E-state index in [4.69, 9.17) is 14.4 Å². The summed E-state index contributed by atoms with van der Waals surface area (Å²) in [6.07, 6.45) is 2.78. The third-order valence-electron chi connectivity index (χ3n) is 4.04. The molecule has 0 heterocycles. The van der Waals surface area contributed by atoms with Crippen molar-refractivity contribution in [2.24, 2.45) is 10.3 Å². The van der Waals surface area contributed by atoms with Gasteiger partial charge in [0.2, 0.25) is 0 Å². The molecule has 6 heteroatoms. The van der Waals surface area contributed by atoms with Crippen LogP contribution in [0.1, 0.15) is 37.0 Å². The highest BCUT2D eigenvalue weighted by Crippen LogP contribution is 2.19. The number of hydrogen-bond acceptors (Lipinski definition) is 6. The first-order valence-corrected chi connectivity index (χ1v) is 9.46. The zero-order chi connectivity index (χ0) is 20.9. The van der Waals surface area contributed by atoms with Crippen LogP contribution in [0.4, 0.5) is 0 Å². The summed E-state index contributed by atoms with van der Waals surface area (Å²) >= 11 is 0. The maximum atomic E-state index is 11.4. The highest BCUT2D eigenvalue weighted by Gasteiger charge is 2.13. The first-order valence-electron chi connectivity index (χ1n) is 9.46. The Morgan fingerprint density at radius 3 is 2.34 bits per heavy atom. The van der Waals surface area contributed by atoms with Crippen LogP contribution in [0.15, 0.2) is 71.2 Å². The van der Waals surface area contributed by atoms with Gasteiger partial charge in [0.1, 0.15) is 24.6 Å². The Balaban J connectivity index is 2.25. The molecule has 0 saturated carbocycles. The fourth-order valence-electron chi connectivity index (χ4n) is 2.66. The molecule has 0 unspecified atom stereocenters. The van der Waals surface area contributed by atoms with Gasteiger partial charge in [0.25, 0.3) is 0 Å². The van der Waals surface area contributed by atoms with E-state index in [-0.39, 0.29) is 6.61 Å². The summed E-state index contributed by atoms with van der Waals surface area (Å²) in [5, 5.41) is 8.53. The maximum absolute atomic E-state index is 11.4. The highest BCUT2D eigenvalue weighted by atomic mass is 16.6. The van der Waals surface area contributed by atoms with Crippen LogP contribution in [0.3, 0.4) is 0 Å². The molecule has 0 N–H and O–H groups in total. The quantitative estimate of drug-likeness (QED) is 0.184. The van der Waals surface area contributed by atoms with E-state index in [0.29, 0.717) is 30.0 Å². The predicted octanol–water partition coefficient (Wildman–Crippen LogP) is 4.60. The molecule has 0 saturated heterocycles. The zero-order valence-corrected chi connectivity index (χ0v) is 17.0. The number of benzene rings is 2. The van der Waals surface area contributed by atoms with E-state index in [2.05, 4.69) is 10.3 Å². The molecule has 0 atom stereocenters. The largest absolute Gasteiger partial charge is 0.504 e. The Morgan fingerprint density at radius 1 is 0.966 bits per heavy atom. The molecule has 2 aromatic carbocycles. The number of rotatable bonds is 11. The average Bonchev–Trinajstić information content (AvgIpc) is 2.77. The predicted molar refractivity (Wildman–Crippen MR) is 115 cm³/mol. The van der Waals surface area contributed by atoms with Gasteiger partial charge in [-0.1, -0.05) is 71.8 Å². The molecule has 29 heavy (non-hydrogen) atoms. The number of carbonyl (C=O) groups excluding carboxylic acids is 1. The summed E-state index contributed by atoms with van der Waals surface area (Å²) in [4.78, 5) is 22.3. The molecule has 0 aromatic heterocycles. The van der Waals surface area contributed by atoms with Crippen LogP contribution in [0.25, 0.3) is 5.57 Å². The molecular formula is C23H26N2O4. The number of carbonyl (C=O) groups is 1. The monoisotopic (exact) mass is 394 g/mol. The molecule has 0 aliphatic rings. The zero-order valence-electron chi connectivity index (χ0n) is 17.0. The Hall–Kier alpha value is -3.41. The highest BCUT2D eigenvalue weighted by molar-refractivity contribution is 6.48. The molecule has 0 spiro atoms. The van der Waals surface area contributed by atoms with Crippen LogP contribution in [-0.2, 0) is 25.8 Å². The van der Waals surface area contributed by atoms with Gasteiger partial charge in [0, 0.05) is 11.1 Å². The van der Waals surface area contributed by atoms with Crippen molar-refractivity contribution in [3.63, 3.8) is 0 Å². The van der Waals surface area contributed by atoms with E-state index in [0.717, 1.165) is 23.0 Å². The molecule has 0 bridgehead atoms. The van der Waals surface area contributed by atoms with Crippen molar-refractivity contribution in [2.75, 3.05) is 13.7 Å². The first-order chi connectivity index (χ1) is 14.2. The number of allylic oxidation sites excluding steroid dienone is 1. The molecule has 0 aliphatic carbocycles. The lowest BCUT2D eigenvalue weighted by molar-refractivity contribution is -0.103. The van der Waals surface area contributed by atoms with Gasteiger partial charge >= 0.3 is 0 Å². The second-order valence-corrected chi connectivity index (χ2v) is 5.97. The molecule has 152 valence electrons. The van der Waals surface area contributed by atoms with Gasteiger partial charge in [0.05, 0.1) is 18.9 Å². The summed E-state index contributed by atoms with van der Waals surface area (Å²) in [7, 11) is 1.50. The van der Waals surface area contributed by atoms with Gasteiger partial charge in [-0.15, -0.1) is 0 Å². The van der Waals surface area contributed by atoms with Crippen LogP contribution in [-0.4, -0.2) is 31.4 Å². The number of methoxy groups -OCH3 is 1. The van der Waals surface area contributed by atoms with E-state index >= 15 is 0 Å². The van der Waals surface area contributed by atoms with Crippen LogP contribution >= 0.6 is 0 Å². The lowest BCUT2D eigenvalue weighted by Crippen LogP contribution is -2.16. The molecule has 2 rings (SSSR count). The Kier molecular flexibility index (Phi) is 9.15. The van der Waals surface area contributed by atoms with Crippen LogP contribution < -0.4 is 0 Å². The second-order valence-electron chi connectivity index (χ2n) is 5.97. The topological polar surface area (TPSA) is 69.5 Å². The average molecular weight is 394 g/mol. The minimum atomic E-state index is 0.200. The van der Waals surface area contributed by atoms with E-state index < -0.39 is 0 Å².